The molecule has 1 fully saturated rings. The molecule has 0 heterocycles. The predicted molar refractivity (Wildman–Crippen MR) is 68.0 cm³/mol. The van der Waals surface area contributed by atoms with Gasteiger partial charge in [-0.1, -0.05) is 30.3 Å². The molecule has 2 atom stereocenters. The highest BCUT2D eigenvalue weighted by Crippen LogP contribution is 2.35. The number of carbonyl (C=O) groups is 1. The molecule has 2 rings (SSSR count). The fourth-order valence-electron chi connectivity index (χ4n) is 2.68. The van der Waals surface area contributed by atoms with Crippen molar-refractivity contribution in [3.8, 4) is 0 Å². The molecule has 1 saturated carbocycles. The van der Waals surface area contributed by atoms with Crippen LogP contribution < -0.4 is 0 Å². The molecule has 0 aromatic heterocycles. The van der Waals surface area contributed by atoms with Gasteiger partial charge >= 0.3 is 0 Å². The van der Waals surface area contributed by atoms with E-state index < -0.39 is 0 Å². The molecule has 0 aliphatic heterocycles. The lowest BCUT2D eigenvalue weighted by molar-refractivity contribution is -0.125. The monoisotopic (exact) mass is 232 g/mol. The second-order valence-corrected chi connectivity index (χ2v) is 4.83. The molecule has 0 saturated heterocycles. The third-order valence-corrected chi connectivity index (χ3v) is 3.70. The number of hydrogen-bond acceptors (Lipinski definition) is 2. The van der Waals surface area contributed by atoms with Crippen LogP contribution in [0.3, 0.4) is 0 Å². The first kappa shape index (κ1) is 12.3. The highest BCUT2D eigenvalue weighted by molar-refractivity contribution is 5.82. The number of ketones is 1. The number of hydrogen-bond donors (Lipinski definition) is 0. The van der Waals surface area contributed by atoms with Gasteiger partial charge in [-0.15, -0.1) is 0 Å². The first-order valence-corrected chi connectivity index (χ1v) is 6.38. The summed E-state index contributed by atoms with van der Waals surface area (Å²) in [6.45, 7) is 0.692. The molecule has 0 N–H and O–H groups in total. The van der Waals surface area contributed by atoms with Crippen LogP contribution in [-0.4, -0.2) is 19.5 Å². The van der Waals surface area contributed by atoms with E-state index in [1.807, 2.05) is 6.07 Å². The zero-order chi connectivity index (χ0) is 12.1. The molecule has 2 nitrogen and oxygen atoms in total. The smallest absolute Gasteiger partial charge is 0.136 e. The Balaban J connectivity index is 2.00. The Morgan fingerprint density at radius 3 is 2.76 bits per heavy atom. The lowest BCUT2D eigenvalue weighted by Gasteiger charge is -2.28. The molecule has 1 aliphatic carbocycles. The number of rotatable bonds is 4. The van der Waals surface area contributed by atoms with Gasteiger partial charge in [0, 0.05) is 26.1 Å². The summed E-state index contributed by atoms with van der Waals surface area (Å²) < 4.78 is 5.08. The maximum absolute atomic E-state index is 11.8. The molecule has 2 heteroatoms. The summed E-state index contributed by atoms with van der Waals surface area (Å²) in [5.41, 5.74) is 1.38. The van der Waals surface area contributed by atoms with Crippen molar-refractivity contribution in [2.24, 2.45) is 5.92 Å². The summed E-state index contributed by atoms with van der Waals surface area (Å²) >= 11 is 0. The Labute approximate surface area is 103 Å². The van der Waals surface area contributed by atoms with Gasteiger partial charge < -0.3 is 4.74 Å². The van der Waals surface area contributed by atoms with Crippen LogP contribution in [-0.2, 0) is 9.53 Å². The maximum Gasteiger partial charge on any atom is 0.136 e. The van der Waals surface area contributed by atoms with Crippen LogP contribution in [0.15, 0.2) is 30.3 Å². The number of carbonyl (C=O) groups excluding carboxylic acids is 1. The third-order valence-electron chi connectivity index (χ3n) is 3.70. The van der Waals surface area contributed by atoms with Crippen LogP contribution in [0.25, 0.3) is 0 Å². The molecule has 0 radical (unpaired) electrons. The molecular weight excluding hydrogens is 212 g/mol. The van der Waals surface area contributed by atoms with Crippen molar-refractivity contribution >= 4 is 5.78 Å². The lowest BCUT2D eigenvalue weighted by atomic mass is 9.76. The van der Waals surface area contributed by atoms with Crippen LogP contribution in [0, 0.1) is 5.92 Å². The maximum atomic E-state index is 11.8. The molecule has 92 valence electrons. The minimum absolute atomic E-state index is 0.203. The van der Waals surface area contributed by atoms with E-state index in [1.54, 1.807) is 7.11 Å². The van der Waals surface area contributed by atoms with E-state index in [-0.39, 0.29) is 5.92 Å². The average Bonchev–Trinajstić information content (AvgIpc) is 2.39. The highest BCUT2D eigenvalue weighted by Gasteiger charge is 2.28. The summed E-state index contributed by atoms with van der Waals surface area (Å²) in [7, 11) is 1.70. The fraction of sp³-hybridized carbons (Fsp3) is 0.533. The average molecular weight is 232 g/mol. The van der Waals surface area contributed by atoms with Gasteiger partial charge in [-0.25, -0.2) is 0 Å². The van der Waals surface area contributed by atoms with Gasteiger partial charge in [-0.3, -0.25) is 4.79 Å². The molecule has 1 aromatic carbocycles. The summed E-state index contributed by atoms with van der Waals surface area (Å²) in [5, 5.41) is 0. The number of methoxy groups -OCH3 is 1. The predicted octanol–water partition coefficient (Wildman–Crippen LogP) is 3.18. The lowest BCUT2D eigenvalue weighted by Crippen LogP contribution is -2.25. The van der Waals surface area contributed by atoms with Gasteiger partial charge in [0.05, 0.1) is 0 Å². The molecule has 0 bridgehead atoms. The summed E-state index contributed by atoms with van der Waals surface area (Å²) in [6, 6.07) is 10.5. The third kappa shape index (κ3) is 3.16. The van der Waals surface area contributed by atoms with Gasteiger partial charge in [0.25, 0.3) is 0 Å². The van der Waals surface area contributed by atoms with Gasteiger partial charge in [-0.2, -0.15) is 0 Å². The Bertz CT molecular complexity index is 358. The number of benzene rings is 1. The van der Waals surface area contributed by atoms with Crippen LogP contribution in [0.4, 0.5) is 0 Å². The van der Waals surface area contributed by atoms with Crippen molar-refractivity contribution in [2.75, 3.05) is 13.7 Å². The zero-order valence-electron chi connectivity index (χ0n) is 10.4. The van der Waals surface area contributed by atoms with E-state index in [1.165, 1.54) is 5.56 Å². The highest BCUT2D eigenvalue weighted by atomic mass is 16.5. The van der Waals surface area contributed by atoms with E-state index in [0.29, 0.717) is 18.3 Å². The van der Waals surface area contributed by atoms with Gasteiger partial charge in [-0.05, 0) is 30.7 Å². The van der Waals surface area contributed by atoms with E-state index in [0.717, 1.165) is 25.7 Å². The fourth-order valence-corrected chi connectivity index (χ4v) is 2.68. The van der Waals surface area contributed by atoms with E-state index in [4.69, 9.17) is 4.74 Å². The quantitative estimate of drug-likeness (QED) is 0.797. The number of Topliss-reactive ketones (excluding diaryl/α,β-unsaturated/α-hetero) is 1. The standard InChI is InChI=1S/C15H20O2/c1-17-10-9-14-11-13(7-8-15(14)16)12-5-3-2-4-6-12/h2-6,13-14H,7-11H2,1H3. The van der Waals surface area contributed by atoms with Crippen LogP contribution in [0.1, 0.15) is 37.2 Å². The minimum Gasteiger partial charge on any atom is -0.385 e. The summed E-state index contributed by atoms with van der Waals surface area (Å²) in [4.78, 5) is 11.8. The van der Waals surface area contributed by atoms with Gasteiger partial charge in [0.2, 0.25) is 0 Å². The Morgan fingerprint density at radius 1 is 1.29 bits per heavy atom. The molecule has 0 amide bonds. The SMILES string of the molecule is COCCC1CC(c2ccccc2)CCC1=O. The molecule has 1 aromatic rings. The Hall–Kier alpha value is -1.15. The van der Waals surface area contributed by atoms with Crippen molar-refractivity contribution in [1.82, 2.24) is 0 Å². The topological polar surface area (TPSA) is 26.3 Å². The molecular formula is C15H20O2. The Morgan fingerprint density at radius 2 is 2.06 bits per heavy atom. The van der Waals surface area contributed by atoms with E-state index in [9.17, 15) is 4.79 Å². The second kappa shape index (κ2) is 5.97. The molecule has 2 unspecified atom stereocenters. The van der Waals surface area contributed by atoms with Crippen molar-refractivity contribution in [1.29, 1.82) is 0 Å². The van der Waals surface area contributed by atoms with Crippen LogP contribution >= 0.6 is 0 Å². The van der Waals surface area contributed by atoms with Crippen molar-refractivity contribution < 1.29 is 9.53 Å². The van der Waals surface area contributed by atoms with E-state index >= 15 is 0 Å². The van der Waals surface area contributed by atoms with E-state index in [2.05, 4.69) is 24.3 Å². The normalized spacial score (nSPS) is 24.9. The summed E-state index contributed by atoms with van der Waals surface area (Å²) in [5.74, 6) is 1.18. The van der Waals surface area contributed by atoms with Crippen molar-refractivity contribution in [3.63, 3.8) is 0 Å². The Kier molecular flexibility index (Phi) is 4.32. The minimum atomic E-state index is 0.203. The zero-order valence-corrected chi connectivity index (χ0v) is 10.4. The molecule has 17 heavy (non-hydrogen) atoms. The van der Waals surface area contributed by atoms with Crippen molar-refractivity contribution in [3.05, 3.63) is 35.9 Å². The van der Waals surface area contributed by atoms with Gasteiger partial charge in [0.15, 0.2) is 0 Å². The molecule has 1 aliphatic rings. The molecule has 0 spiro atoms. The summed E-state index contributed by atoms with van der Waals surface area (Å²) in [6.07, 6.45) is 3.60. The van der Waals surface area contributed by atoms with Crippen LogP contribution in [0.5, 0.6) is 0 Å². The largest absolute Gasteiger partial charge is 0.385 e. The first-order valence-electron chi connectivity index (χ1n) is 6.38. The van der Waals surface area contributed by atoms with Gasteiger partial charge in [0.1, 0.15) is 5.78 Å². The van der Waals surface area contributed by atoms with Crippen LogP contribution in [0.2, 0.25) is 0 Å². The van der Waals surface area contributed by atoms with Crippen molar-refractivity contribution in [2.45, 2.75) is 31.6 Å². The first-order chi connectivity index (χ1) is 8.31. The number of ether oxygens (including phenoxy) is 1. The second-order valence-electron chi connectivity index (χ2n) is 4.83.